The Hall–Kier alpha value is -2.02. The van der Waals surface area contributed by atoms with Crippen LogP contribution >= 0.6 is 0 Å². The van der Waals surface area contributed by atoms with Crippen molar-refractivity contribution in [3.8, 4) is 11.8 Å². The monoisotopic (exact) mass is 201 g/mol. The summed E-state index contributed by atoms with van der Waals surface area (Å²) in [6.45, 7) is 1.81. The number of aryl methyl sites for hydroxylation is 1. The van der Waals surface area contributed by atoms with Crippen LogP contribution in [0.2, 0.25) is 0 Å². The third-order valence-electron chi connectivity index (χ3n) is 2.48. The van der Waals surface area contributed by atoms with E-state index in [4.69, 9.17) is 5.26 Å². The maximum Gasteiger partial charge on any atom is 0.126 e. The summed E-state index contributed by atoms with van der Waals surface area (Å²) < 4.78 is 1.88. The van der Waals surface area contributed by atoms with E-state index in [0.717, 1.165) is 16.9 Å². The number of phenolic OH excluding ortho intramolecular Hbond substituents is 1. The van der Waals surface area contributed by atoms with Crippen molar-refractivity contribution in [2.45, 2.75) is 12.8 Å². The Kier molecular flexibility index (Phi) is 2.09. The van der Waals surface area contributed by atoms with Gasteiger partial charge in [0.05, 0.1) is 17.1 Å². The molecule has 1 heterocycles. The van der Waals surface area contributed by atoms with Crippen molar-refractivity contribution in [2.75, 3.05) is 0 Å². The maximum atomic E-state index is 9.31. The van der Waals surface area contributed by atoms with Crippen LogP contribution in [0.5, 0.6) is 5.75 Å². The largest absolute Gasteiger partial charge is 0.508 e. The summed E-state index contributed by atoms with van der Waals surface area (Å²) in [5.74, 6) is 0.666. The molecule has 76 valence electrons. The van der Waals surface area contributed by atoms with Gasteiger partial charge >= 0.3 is 0 Å². The predicted molar refractivity (Wildman–Crippen MR) is 56.4 cm³/mol. The number of nitrogens with zero attached hydrogens (tertiary/aromatic N) is 3. The zero-order valence-electron chi connectivity index (χ0n) is 8.60. The topological polar surface area (TPSA) is 61.8 Å². The minimum atomic E-state index is -0.246. The Bertz CT molecular complexity index is 551. The smallest absolute Gasteiger partial charge is 0.126 e. The number of aromatic hydroxyl groups is 1. The minimum Gasteiger partial charge on any atom is -0.508 e. The van der Waals surface area contributed by atoms with Crippen LogP contribution in [-0.4, -0.2) is 14.7 Å². The lowest BCUT2D eigenvalue weighted by atomic mass is 10.2. The average Bonchev–Trinajstić information content (AvgIpc) is 2.54. The van der Waals surface area contributed by atoms with Crippen LogP contribution in [0.15, 0.2) is 18.2 Å². The number of phenols is 1. The standard InChI is InChI=1S/C11H11N3O/c1-7(6-12)11-13-9-5-8(15)3-4-10(9)14(11)2/h3-5,7,15H,1-2H3. The first-order chi connectivity index (χ1) is 7.13. The number of aromatic nitrogens is 2. The Morgan fingerprint density at radius 2 is 2.27 bits per heavy atom. The van der Waals surface area contributed by atoms with Crippen LogP contribution in [0.25, 0.3) is 11.0 Å². The van der Waals surface area contributed by atoms with Gasteiger partial charge in [0.25, 0.3) is 0 Å². The second-order valence-electron chi connectivity index (χ2n) is 3.55. The van der Waals surface area contributed by atoms with Gasteiger partial charge < -0.3 is 9.67 Å². The second kappa shape index (κ2) is 3.28. The van der Waals surface area contributed by atoms with E-state index in [9.17, 15) is 5.11 Å². The molecule has 2 aromatic rings. The van der Waals surface area contributed by atoms with Gasteiger partial charge in [0, 0.05) is 13.1 Å². The zero-order chi connectivity index (χ0) is 11.0. The summed E-state index contributed by atoms with van der Waals surface area (Å²) in [5, 5.41) is 18.2. The maximum absolute atomic E-state index is 9.31. The highest BCUT2D eigenvalue weighted by molar-refractivity contribution is 5.77. The minimum absolute atomic E-state index is 0.191. The number of rotatable bonds is 1. The van der Waals surface area contributed by atoms with Crippen LogP contribution < -0.4 is 0 Å². The van der Waals surface area contributed by atoms with Crippen molar-refractivity contribution in [1.29, 1.82) is 5.26 Å². The molecule has 4 nitrogen and oxygen atoms in total. The molecular formula is C11H11N3O. The van der Waals surface area contributed by atoms with Gasteiger partial charge in [0.1, 0.15) is 17.5 Å². The lowest BCUT2D eigenvalue weighted by Gasteiger charge is -2.02. The number of nitriles is 1. The molecule has 0 fully saturated rings. The molecule has 0 saturated heterocycles. The quantitative estimate of drug-likeness (QED) is 0.766. The molecule has 0 bridgehead atoms. The second-order valence-corrected chi connectivity index (χ2v) is 3.55. The molecule has 4 heteroatoms. The van der Waals surface area contributed by atoms with Gasteiger partial charge in [-0.25, -0.2) is 4.98 Å². The average molecular weight is 201 g/mol. The van der Waals surface area contributed by atoms with E-state index in [1.807, 2.05) is 11.6 Å². The third-order valence-corrected chi connectivity index (χ3v) is 2.48. The Morgan fingerprint density at radius 3 is 2.93 bits per heavy atom. The summed E-state index contributed by atoms with van der Waals surface area (Å²) in [7, 11) is 1.87. The molecule has 1 aromatic heterocycles. The highest BCUT2D eigenvalue weighted by Gasteiger charge is 2.13. The van der Waals surface area contributed by atoms with Gasteiger partial charge in [-0.3, -0.25) is 0 Å². The number of benzene rings is 1. The molecule has 1 N–H and O–H groups in total. The fraction of sp³-hybridized carbons (Fsp3) is 0.273. The first-order valence-electron chi connectivity index (χ1n) is 4.68. The van der Waals surface area contributed by atoms with Crippen LogP contribution in [0, 0.1) is 11.3 Å². The van der Waals surface area contributed by atoms with Crippen molar-refractivity contribution < 1.29 is 5.11 Å². The summed E-state index contributed by atoms with van der Waals surface area (Å²) in [4.78, 5) is 4.32. The van der Waals surface area contributed by atoms with Crippen LogP contribution in [0.1, 0.15) is 18.7 Å². The third kappa shape index (κ3) is 1.42. The number of imidazole rings is 1. The lowest BCUT2D eigenvalue weighted by molar-refractivity contribution is 0.476. The summed E-state index contributed by atoms with van der Waals surface area (Å²) >= 11 is 0. The van der Waals surface area contributed by atoms with E-state index in [-0.39, 0.29) is 11.7 Å². The summed E-state index contributed by atoms with van der Waals surface area (Å²) in [6, 6.07) is 7.16. The lowest BCUT2D eigenvalue weighted by Crippen LogP contribution is -2.00. The van der Waals surface area contributed by atoms with Crippen LogP contribution in [0.3, 0.4) is 0 Å². The fourth-order valence-electron chi connectivity index (χ4n) is 1.65. The van der Waals surface area contributed by atoms with Crippen molar-refractivity contribution in [1.82, 2.24) is 9.55 Å². The van der Waals surface area contributed by atoms with E-state index in [1.54, 1.807) is 25.1 Å². The van der Waals surface area contributed by atoms with Gasteiger partial charge in [-0.1, -0.05) is 0 Å². The highest BCUT2D eigenvalue weighted by atomic mass is 16.3. The number of hydrogen-bond donors (Lipinski definition) is 1. The fourth-order valence-corrected chi connectivity index (χ4v) is 1.65. The van der Waals surface area contributed by atoms with Crippen molar-refractivity contribution in [3.05, 3.63) is 24.0 Å². The van der Waals surface area contributed by atoms with E-state index < -0.39 is 0 Å². The van der Waals surface area contributed by atoms with Crippen molar-refractivity contribution in [3.63, 3.8) is 0 Å². The summed E-state index contributed by atoms with van der Waals surface area (Å²) in [5.41, 5.74) is 1.64. The van der Waals surface area contributed by atoms with Gasteiger partial charge in [0.2, 0.25) is 0 Å². The number of hydrogen-bond acceptors (Lipinski definition) is 3. The molecule has 0 spiro atoms. The molecule has 1 atom stereocenters. The molecule has 2 rings (SSSR count). The van der Waals surface area contributed by atoms with E-state index in [0.29, 0.717) is 0 Å². The molecule has 0 aliphatic heterocycles. The van der Waals surface area contributed by atoms with Crippen molar-refractivity contribution in [2.24, 2.45) is 7.05 Å². The molecule has 0 radical (unpaired) electrons. The SMILES string of the molecule is CC(C#N)c1nc2cc(O)ccc2n1C. The Labute approximate surface area is 87.4 Å². The van der Waals surface area contributed by atoms with E-state index >= 15 is 0 Å². The first-order valence-corrected chi connectivity index (χ1v) is 4.68. The molecular weight excluding hydrogens is 190 g/mol. The van der Waals surface area contributed by atoms with Crippen LogP contribution in [-0.2, 0) is 7.05 Å². The van der Waals surface area contributed by atoms with Gasteiger partial charge in [-0.05, 0) is 19.1 Å². The molecule has 1 aromatic carbocycles. The molecule has 0 amide bonds. The zero-order valence-corrected chi connectivity index (χ0v) is 8.60. The predicted octanol–water partition coefficient (Wildman–Crippen LogP) is 1.91. The molecule has 15 heavy (non-hydrogen) atoms. The van der Waals surface area contributed by atoms with E-state index in [2.05, 4.69) is 11.1 Å². The van der Waals surface area contributed by atoms with Crippen molar-refractivity contribution >= 4 is 11.0 Å². The molecule has 0 saturated carbocycles. The first kappa shape index (κ1) is 9.53. The van der Waals surface area contributed by atoms with E-state index in [1.165, 1.54) is 0 Å². The number of fused-ring (bicyclic) bond motifs is 1. The Balaban J connectivity index is 2.70. The highest BCUT2D eigenvalue weighted by Crippen LogP contribution is 2.23. The molecule has 1 unspecified atom stereocenters. The van der Waals surface area contributed by atoms with Gasteiger partial charge in [-0.2, -0.15) is 5.26 Å². The van der Waals surface area contributed by atoms with Gasteiger partial charge in [0.15, 0.2) is 0 Å². The summed E-state index contributed by atoms with van der Waals surface area (Å²) in [6.07, 6.45) is 0. The molecule has 0 aliphatic carbocycles. The molecule has 0 aliphatic rings. The normalized spacial score (nSPS) is 12.6. The Morgan fingerprint density at radius 1 is 1.53 bits per heavy atom. The van der Waals surface area contributed by atoms with Gasteiger partial charge in [-0.15, -0.1) is 0 Å². The van der Waals surface area contributed by atoms with Crippen LogP contribution in [0.4, 0.5) is 0 Å².